The van der Waals surface area contributed by atoms with E-state index in [1.807, 2.05) is 12.1 Å². The molecule has 0 aliphatic rings. The summed E-state index contributed by atoms with van der Waals surface area (Å²) in [6.07, 6.45) is 6.77. The van der Waals surface area contributed by atoms with Crippen LogP contribution < -0.4 is 0 Å². The van der Waals surface area contributed by atoms with Crippen LogP contribution in [0.25, 0.3) is 6.08 Å². The average molecular weight is 190 g/mol. The van der Waals surface area contributed by atoms with Crippen LogP contribution in [0.2, 0.25) is 0 Å². The van der Waals surface area contributed by atoms with E-state index in [2.05, 4.69) is 13.0 Å². The van der Waals surface area contributed by atoms with Crippen LogP contribution in [0, 0.1) is 0 Å². The van der Waals surface area contributed by atoms with Crippen LogP contribution in [0.1, 0.15) is 35.7 Å². The monoisotopic (exact) mass is 190 g/mol. The van der Waals surface area contributed by atoms with Gasteiger partial charge in [-0.3, -0.25) is 4.79 Å². The maximum Gasteiger partial charge on any atom is 0.153 e. The van der Waals surface area contributed by atoms with E-state index in [4.69, 9.17) is 0 Å². The summed E-state index contributed by atoms with van der Waals surface area (Å²) in [5.74, 6) is 0.0404. The van der Waals surface area contributed by atoms with Crippen molar-refractivity contribution in [1.82, 2.24) is 0 Å². The Morgan fingerprint density at radius 3 is 2.79 bits per heavy atom. The van der Waals surface area contributed by atoms with Gasteiger partial charge in [-0.2, -0.15) is 0 Å². The quantitative estimate of drug-likeness (QED) is 0.741. The minimum Gasteiger partial charge on any atom is -0.507 e. The predicted octanol–water partition coefficient (Wildman–Crippen LogP) is 3.02. The van der Waals surface area contributed by atoms with Crippen molar-refractivity contribution in [3.63, 3.8) is 0 Å². The summed E-state index contributed by atoms with van der Waals surface area (Å²) in [5.41, 5.74) is 1.25. The third-order valence-electron chi connectivity index (χ3n) is 1.95. The lowest BCUT2D eigenvalue weighted by atomic mass is 10.1. The summed E-state index contributed by atoms with van der Waals surface area (Å²) in [4.78, 5) is 10.4. The lowest BCUT2D eigenvalue weighted by Crippen LogP contribution is -1.81. The minimum atomic E-state index is 0.0404. The van der Waals surface area contributed by atoms with Crippen LogP contribution in [0.15, 0.2) is 24.3 Å². The number of benzene rings is 1. The van der Waals surface area contributed by atoms with Crippen LogP contribution in [-0.4, -0.2) is 11.4 Å². The zero-order valence-corrected chi connectivity index (χ0v) is 8.23. The number of aldehydes is 1. The van der Waals surface area contributed by atoms with Crippen molar-refractivity contribution in [1.29, 1.82) is 0 Å². The fourth-order valence-electron chi connectivity index (χ4n) is 1.15. The number of carbonyl (C=O) groups excluding carboxylic acids is 1. The van der Waals surface area contributed by atoms with Crippen molar-refractivity contribution in [3.8, 4) is 5.75 Å². The fraction of sp³-hybridized carbons (Fsp3) is 0.250. The average Bonchev–Trinajstić information content (AvgIpc) is 2.18. The molecular formula is C12H14O2. The molecule has 1 aromatic carbocycles. The van der Waals surface area contributed by atoms with E-state index in [1.165, 1.54) is 0 Å². The first-order valence-electron chi connectivity index (χ1n) is 4.72. The smallest absolute Gasteiger partial charge is 0.153 e. The van der Waals surface area contributed by atoms with E-state index in [0.29, 0.717) is 11.8 Å². The Hall–Kier alpha value is -1.57. The zero-order valence-electron chi connectivity index (χ0n) is 8.23. The Bertz CT molecular complexity index is 340. The van der Waals surface area contributed by atoms with Gasteiger partial charge in [-0.1, -0.05) is 31.6 Å². The molecule has 0 heterocycles. The highest BCUT2D eigenvalue weighted by Crippen LogP contribution is 2.17. The van der Waals surface area contributed by atoms with Gasteiger partial charge in [-0.15, -0.1) is 0 Å². The van der Waals surface area contributed by atoms with Crippen molar-refractivity contribution in [2.45, 2.75) is 19.8 Å². The molecular weight excluding hydrogens is 176 g/mol. The highest BCUT2D eigenvalue weighted by molar-refractivity contribution is 5.79. The van der Waals surface area contributed by atoms with Crippen molar-refractivity contribution >= 4 is 12.4 Å². The van der Waals surface area contributed by atoms with Crippen LogP contribution in [0.4, 0.5) is 0 Å². The number of phenolic OH excluding ortho intramolecular Hbond substituents is 1. The second kappa shape index (κ2) is 5.22. The Morgan fingerprint density at radius 1 is 1.43 bits per heavy atom. The summed E-state index contributed by atoms with van der Waals surface area (Å²) in [5, 5.41) is 9.38. The molecule has 0 fully saturated rings. The zero-order chi connectivity index (χ0) is 10.4. The standard InChI is InChI=1S/C12H14O2/c1-2-3-4-5-10-6-7-11(9-13)12(14)8-10/h4-9,14H,2-3H2,1H3. The number of phenols is 1. The summed E-state index contributed by atoms with van der Waals surface area (Å²) in [7, 11) is 0. The molecule has 1 aromatic rings. The molecule has 0 unspecified atom stereocenters. The van der Waals surface area contributed by atoms with E-state index in [0.717, 1.165) is 18.4 Å². The second-order valence-electron chi connectivity index (χ2n) is 3.13. The number of unbranched alkanes of at least 4 members (excludes halogenated alkanes) is 1. The van der Waals surface area contributed by atoms with E-state index >= 15 is 0 Å². The topological polar surface area (TPSA) is 37.3 Å². The Labute approximate surface area is 83.9 Å². The third-order valence-corrected chi connectivity index (χ3v) is 1.95. The van der Waals surface area contributed by atoms with Gasteiger partial charge >= 0.3 is 0 Å². The third kappa shape index (κ3) is 2.73. The Kier molecular flexibility index (Phi) is 3.92. The van der Waals surface area contributed by atoms with Crippen molar-refractivity contribution in [3.05, 3.63) is 35.4 Å². The number of aromatic hydroxyl groups is 1. The first-order chi connectivity index (χ1) is 6.77. The first kappa shape index (κ1) is 10.5. The van der Waals surface area contributed by atoms with Crippen LogP contribution >= 0.6 is 0 Å². The van der Waals surface area contributed by atoms with Gasteiger partial charge in [0.05, 0.1) is 5.56 Å². The van der Waals surface area contributed by atoms with E-state index in [-0.39, 0.29) is 5.75 Å². The van der Waals surface area contributed by atoms with Gasteiger partial charge in [0.1, 0.15) is 5.75 Å². The van der Waals surface area contributed by atoms with Gasteiger partial charge in [0.15, 0.2) is 6.29 Å². The van der Waals surface area contributed by atoms with Crippen molar-refractivity contribution in [2.75, 3.05) is 0 Å². The van der Waals surface area contributed by atoms with Gasteiger partial charge in [0.25, 0.3) is 0 Å². The molecule has 14 heavy (non-hydrogen) atoms. The normalized spacial score (nSPS) is 10.6. The molecule has 1 N–H and O–H groups in total. The molecule has 2 heteroatoms. The lowest BCUT2D eigenvalue weighted by molar-refractivity contribution is 0.112. The molecule has 0 saturated carbocycles. The number of carbonyl (C=O) groups is 1. The largest absolute Gasteiger partial charge is 0.507 e. The Morgan fingerprint density at radius 2 is 2.21 bits per heavy atom. The number of hydrogen-bond acceptors (Lipinski definition) is 2. The number of hydrogen-bond donors (Lipinski definition) is 1. The Balaban J connectivity index is 2.81. The van der Waals surface area contributed by atoms with E-state index in [1.54, 1.807) is 12.1 Å². The maximum atomic E-state index is 10.4. The molecule has 74 valence electrons. The number of rotatable bonds is 4. The maximum absolute atomic E-state index is 10.4. The molecule has 0 aromatic heterocycles. The molecule has 0 saturated heterocycles. The van der Waals surface area contributed by atoms with Gasteiger partial charge in [0.2, 0.25) is 0 Å². The van der Waals surface area contributed by atoms with Gasteiger partial charge in [-0.25, -0.2) is 0 Å². The second-order valence-corrected chi connectivity index (χ2v) is 3.13. The molecule has 1 rings (SSSR count). The summed E-state index contributed by atoms with van der Waals surface area (Å²) in [6, 6.07) is 5.03. The summed E-state index contributed by atoms with van der Waals surface area (Å²) < 4.78 is 0. The highest BCUT2D eigenvalue weighted by Gasteiger charge is 1.98. The molecule has 0 spiro atoms. The first-order valence-corrected chi connectivity index (χ1v) is 4.72. The van der Waals surface area contributed by atoms with Gasteiger partial charge in [0, 0.05) is 0 Å². The van der Waals surface area contributed by atoms with Crippen LogP contribution in [-0.2, 0) is 0 Å². The van der Waals surface area contributed by atoms with Crippen LogP contribution in [0.5, 0.6) is 5.75 Å². The SMILES string of the molecule is CCCC=Cc1ccc(C=O)c(O)c1. The predicted molar refractivity (Wildman–Crippen MR) is 57.4 cm³/mol. The van der Waals surface area contributed by atoms with Crippen molar-refractivity contribution in [2.24, 2.45) is 0 Å². The van der Waals surface area contributed by atoms with Gasteiger partial charge < -0.3 is 5.11 Å². The molecule has 0 aliphatic heterocycles. The molecule has 0 radical (unpaired) electrons. The summed E-state index contributed by atoms with van der Waals surface area (Å²) in [6.45, 7) is 2.11. The van der Waals surface area contributed by atoms with Crippen molar-refractivity contribution < 1.29 is 9.90 Å². The molecule has 2 nitrogen and oxygen atoms in total. The molecule has 0 aliphatic carbocycles. The van der Waals surface area contributed by atoms with Gasteiger partial charge in [-0.05, 0) is 24.1 Å². The molecule has 0 amide bonds. The number of allylic oxidation sites excluding steroid dienone is 1. The van der Waals surface area contributed by atoms with E-state index < -0.39 is 0 Å². The fourth-order valence-corrected chi connectivity index (χ4v) is 1.15. The minimum absolute atomic E-state index is 0.0404. The molecule has 0 bridgehead atoms. The highest BCUT2D eigenvalue weighted by atomic mass is 16.3. The summed E-state index contributed by atoms with van der Waals surface area (Å²) >= 11 is 0. The lowest BCUT2D eigenvalue weighted by Gasteiger charge is -1.98. The van der Waals surface area contributed by atoms with E-state index in [9.17, 15) is 9.90 Å². The molecule has 0 atom stereocenters. The van der Waals surface area contributed by atoms with Crippen LogP contribution in [0.3, 0.4) is 0 Å².